The summed E-state index contributed by atoms with van der Waals surface area (Å²) in [4.78, 5) is 27.4. The molecule has 4 fully saturated rings. The average Bonchev–Trinajstić information content (AvgIpc) is 3.81. The minimum atomic E-state index is 0.118. The van der Waals surface area contributed by atoms with Gasteiger partial charge >= 0.3 is 0 Å². The maximum Gasteiger partial charge on any atom is 0.226 e. The van der Waals surface area contributed by atoms with Crippen LogP contribution in [0.3, 0.4) is 0 Å². The van der Waals surface area contributed by atoms with Gasteiger partial charge in [-0.05, 0) is 67.0 Å². The molecular weight excluding hydrogens is 474 g/mol. The number of piperazine rings is 1. The Balaban J connectivity index is 1.22. The molecule has 7 nitrogen and oxygen atoms in total. The van der Waals surface area contributed by atoms with E-state index < -0.39 is 0 Å². The number of pyridine rings is 2. The predicted octanol–water partition coefficient (Wildman–Crippen LogP) is 4.76. The second kappa shape index (κ2) is 9.36. The molecule has 3 aliphatic carbocycles. The molecule has 3 aromatic rings. The Hall–Kier alpha value is -3.50. The number of carbonyl (C=O) groups is 1. The number of nitrogens with zero attached hydrogens (tertiary/aromatic N) is 5. The number of amides is 1. The van der Waals surface area contributed by atoms with Crippen molar-refractivity contribution in [3.05, 3.63) is 54.0 Å². The molecular formula is C31H33N5O2. The first-order valence-electron chi connectivity index (χ1n) is 14.0. The van der Waals surface area contributed by atoms with Gasteiger partial charge in [0.15, 0.2) is 0 Å². The number of fused-ring (bicyclic) bond motifs is 1. The van der Waals surface area contributed by atoms with Crippen LogP contribution in [-0.4, -0.2) is 60.2 Å². The Morgan fingerprint density at radius 1 is 1.16 bits per heavy atom. The van der Waals surface area contributed by atoms with Crippen LogP contribution in [0, 0.1) is 29.1 Å². The fraction of sp³-hybridized carbons (Fsp3) is 0.484. The fourth-order valence-corrected chi connectivity index (χ4v) is 6.40. The van der Waals surface area contributed by atoms with E-state index in [4.69, 9.17) is 9.72 Å². The van der Waals surface area contributed by atoms with E-state index in [0.29, 0.717) is 48.9 Å². The molecule has 1 amide bonds. The molecule has 7 heteroatoms. The van der Waals surface area contributed by atoms with Crippen molar-refractivity contribution in [2.75, 3.05) is 38.3 Å². The topological polar surface area (TPSA) is 82.3 Å². The van der Waals surface area contributed by atoms with Crippen molar-refractivity contribution in [2.24, 2.45) is 17.8 Å². The minimum absolute atomic E-state index is 0.118. The Morgan fingerprint density at radius 3 is 2.79 bits per heavy atom. The van der Waals surface area contributed by atoms with Gasteiger partial charge in [0.25, 0.3) is 0 Å². The third-order valence-electron chi connectivity index (χ3n) is 8.88. The third kappa shape index (κ3) is 4.21. The Labute approximate surface area is 223 Å². The molecule has 4 aliphatic rings. The summed E-state index contributed by atoms with van der Waals surface area (Å²) >= 11 is 0. The van der Waals surface area contributed by atoms with Gasteiger partial charge in [0.1, 0.15) is 11.9 Å². The maximum absolute atomic E-state index is 13.4. The molecule has 7 rings (SSSR count). The zero-order valence-corrected chi connectivity index (χ0v) is 21.8. The summed E-state index contributed by atoms with van der Waals surface area (Å²) in [5, 5.41) is 12.5. The summed E-state index contributed by atoms with van der Waals surface area (Å²) < 4.78 is 5.30. The first-order valence-corrected chi connectivity index (χ1v) is 14.0. The number of hydrogen-bond donors (Lipinski definition) is 0. The number of carbonyl (C=O) groups excluding carboxylic acids is 1. The molecule has 1 aliphatic heterocycles. The summed E-state index contributed by atoms with van der Waals surface area (Å²) in [6.07, 6.45) is 9.28. The quantitative estimate of drug-likeness (QED) is 0.459. The van der Waals surface area contributed by atoms with Gasteiger partial charge in [-0.3, -0.25) is 9.78 Å². The zero-order valence-electron chi connectivity index (χ0n) is 21.8. The van der Waals surface area contributed by atoms with Gasteiger partial charge < -0.3 is 14.5 Å². The fourth-order valence-electron chi connectivity index (χ4n) is 6.40. The van der Waals surface area contributed by atoms with Gasteiger partial charge in [-0.15, -0.1) is 0 Å². The summed E-state index contributed by atoms with van der Waals surface area (Å²) in [5.41, 5.74) is 3.90. The van der Waals surface area contributed by atoms with E-state index in [-0.39, 0.29) is 12.0 Å². The van der Waals surface area contributed by atoms with Gasteiger partial charge in [-0.25, -0.2) is 4.98 Å². The van der Waals surface area contributed by atoms with Crippen LogP contribution in [0.15, 0.2) is 42.7 Å². The molecule has 3 saturated carbocycles. The van der Waals surface area contributed by atoms with Crippen molar-refractivity contribution < 1.29 is 9.53 Å². The largest absolute Gasteiger partial charge is 0.384 e. The van der Waals surface area contributed by atoms with Gasteiger partial charge in [-0.2, -0.15) is 5.26 Å². The lowest BCUT2D eigenvalue weighted by Crippen LogP contribution is -2.57. The number of aromatic nitrogens is 2. The Morgan fingerprint density at radius 2 is 2.03 bits per heavy atom. The van der Waals surface area contributed by atoms with Crippen molar-refractivity contribution in [1.82, 2.24) is 14.9 Å². The van der Waals surface area contributed by atoms with Crippen LogP contribution in [0.4, 0.5) is 5.82 Å². The number of rotatable bonds is 7. The number of benzene rings is 1. The smallest absolute Gasteiger partial charge is 0.226 e. The van der Waals surface area contributed by atoms with E-state index in [1.54, 1.807) is 7.11 Å². The standard InChI is InChI=1S/C31H33N5O2/c1-38-18-23-14-26(23)31(37)36-12-11-35(17-28(36)19-5-6-19)30-22(15-32)13-27(29(34-30)20-7-8-20)25-4-2-3-21-16-33-10-9-24(21)25/h2-4,9-10,13,16,19-20,23,26,28H,5-8,11-12,14,17-18H2,1H3/t23-,26-,28-/m0/s1. The lowest BCUT2D eigenvalue weighted by atomic mass is 9.95. The molecule has 194 valence electrons. The van der Waals surface area contributed by atoms with E-state index in [9.17, 15) is 10.1 Å². The predicted molar refractivity (Wildman–Crippen MR) is 146 cm³/mol. The van der Waals surface area contributed by atoms with Crippen molar-refractivity contribution in [3.8, 4) is 17.2 Å². The molecule has 0 radical (unpaired) electrons. The number of anilines is 1. The molecule has 0 spiro atoms. The molecule has 38 heavy (non-hydrogen) atoms. The van der Waals surface area contributed by atoms with Crippen molar-refractivity contribution >= 4 is 22.5 Å². The van der Waals surface area contributed by atoms with Crippen molar-refractivity contribution in [1.29, 1.82) is 5.26 Å². The summed E-state index contributed by atoms with van der Waals surface area (Å²) in [6.45, 7) is 2.83. The lowest BCUT2D eigenvalue weighted by molar-refractivity contribution is -0.136. The summed E-state index contributed by atoms with van der Waals surface area (Å²) in [6, 6.07) is 13.0. The van der Waals surface area contributed by atoms with Gasteiger partial charge in [0.05, 0.1) is 17.3 Å². The number of ether oxygens (including phenoxy) is 1. The highest BCUT2D eigenvalue weighted by Gasteiger charge is 2.49. The van der Waals surface area contributed by atoms with E-state index in [0.717, 1.165) is 59.2 Å². The van der Waals surface area contributed by atoms with Gasteiger partial charge in [0, 0.05) is 68.5 Å². The van der Waals surface area contributed by atoms with E-state index in [1.807, 2.05) is 12.4 Å². The van der Waals surface area contributed by atoms with Gasteiger partial charge in [-0.1, -0.05) is 18.2 Å². The molecule has 0 unspecified atom stereocenters. The van der Waals surface area contributed by atoms with Crippen molar-refractivity contribution in [3.63, 3.8) is 0 Å². The Bertz CT molecular complexity index is 1430. The molecule has 0 N–H and O–H groups in total. The second-order valence-electron chi connectivity index (χ2n) is 11.5. The van der Waals surface area contributed by atoms with E-state index in [2.05, 4.69) is 51.2 Å². The number of hydrogen-bond acceptors (Lipinski definition) is 6. The number of nitriles is 1. The van der Waals surface area contributed by atoms with Crippen LogP contribution >= 0.6 is 0 Å². The van der Waals surface area contributed by atoms with Crippen LogP contribution in [0.1, 0.15) is 49.3 Å². The van der Waals surface area contributed by atoms with E-state index in [1.165, 1.54) is 12.8 Å². The minimum Gasteiger partial charge on any atom is -0.384 e. The van der Waals surface area contributed by atoms with Crippen LogP contribution in [0.5, 0.6) is 0 Å². The van der Waals surface area contributed by atoms with E-state index >= 15 is 0 Å². The maximum atomic E-state index is 13.4. The normalized spacial score (nSPS) is 24.9. The molecule has 1 saturated heterocycles. The summed E-state index contributed by atoms with van der Waals surface area (Å²) in [7, 11) is 1.71. The second-order valence-corrected chi connectivity index (χ2v) is 11.5. The average molecular weight is 508 g/mol. The molecule has 3 heterocycles. The lowest BCUT2D eigenvalue weighted by Gasteiger charge is -2.43. The summed E-state index contributed by atoms with van der Waals surface area (Å²) in [5.74, 6) is 2.57. The monoisotopic (exact) mass is 507 g/mol. The van der Waals surface area contributed by atoms with Crippen LogP contribution in [0.2, 0.25) is 0 Å². The molecule has 3 atom stereocenters. The van der Waals surface area contributed by atoms with Crippen molar-refractivity contribution in [2.45, 2.75) is 44.1 Å². The zero-order chi connectivity index (χ0) is 25.8. The third-order valence-corrected chi connectivity index (χ3v) is 8.88. The van der Waals surface area contributed by atoms with Gasteiger partial charge in [0.2, 0.25) is 5.91 Å². The first-order chi connectivity index (χ1) is 18.7. The van der Waals surface area contributed by atoms with Crippen LogP contribution in [-0.2, 0) is 9.53 Å². The molecule has 1 aromatic carbocycles. The molecule has 0 bridgehead atoms. The first kappa shape index (κ1) is 23.6. The molecule has 2 aromatic heterocycles. The SMILES string of the molecule is COC[C@@H]1C[C@@H]1C(=O)N1CCN(c2nc(C3CC3)c(-c3cccc4cnccc34)cc2C#N)C[C@H]1C1CC1. The highest BCUT2D eigenvalue weighted by Crippen LogP contribution is 2.47. The van der Waals surface area contributed by atoms with Crippen LogP contribution in [0.25, 0.3) is 21.9 Å². The number of methoxy groups -OCH3 is 1. The highest BCUT2D eigenvalue weighted by atomic mass is 16.5. The highest BCUT2D eigenvalue weighted by molar-refractivity contribution is 5.97. The van der Waals surface area contributed by atoms with Crippen LogP contribution < -0.4 is 4.90 Å². The Kier molecular flexibility index (Phi) is 5.81.